The van der Waals surface area contributed by atoms with E-state index in [-0.39, 0.29) is 17.5 Å². The van der Waals surface area contributed by atoms with Gasteiger partial charge in [0.2, 0.25) is 5.95 Å². The fraction of sp³-hybridized carbons (Fsp3) is 0.250. The second-order valence-electron chi connectivity index (χ2n) is 6.14. The van der Waals surface area contributed by atoms with Crippen LogP contribution in [0.4, 0.5) is 5.95 Å². The molecule has 1 atom stereocenters. The molecule has 0 bridgehead atoms. The normalized spacial score (nSPS) is 16.5. The lowest BCUT2D eigenvalue weighted by Gasteiger charge is -2.28. The topological polar surface area (TPSA) is 139 Å². The largest absolute Gasteiger partial charge is 0.369 e. The number of benzene rings is 1. The van der Waals surface area contributed by atoms with E-state index in [1.54, 1.807) is 17.6 Å². The van der Waals surface area contributed by atoms with Gasteiger partial charge in [-0.3, -0.25) is 24.3 Å². The van der Waals surface area contributed by atoms with Crippen LogP contribution in [0.1, 0.15) is 40.4 Å². The van der Waals surface area contributed by atoms with Crippen molar-refractivity contribution in [3.63, 3.8) is 0 Å². The van der Waals surface area contributed by atoms with Crippen molar-refractivity contribution in [2.24, 2.45) is 0 Å². The van der Waals surface area contributed by atoms with Gasteiger partial charge >= 0.3 is 0 Å². The van der Waals surface area contributed by atoms with E-state index in [9.17, 15) is 9.59 Å². The van der Waals surface area contributed by atoms with E-state index in [1.165, 1.54) is 0 Å². The Balaban J connectivity index is 1.94. The van der Waals surface area contributed by atoms with Gasteiger partial charge in [-0.25, -0.2) is 10.5 Å². The average molecular weight is 419 g/mol. The third kappa shape index (κ3) is 2.58. The van der Waals surface area contributed by atoms with Gasteiger partial charge in [0.05, 0.1) is 6.04 Å². The van der Waals surface area contributed by atoms with Crippen molar-refractivity contribution in [1.82, 2.24) is 25.0 Å². The Bertz CT molecular complexity index is 1090. The maximum Gasteiger partial charge on any atom is 0.280 e. The van der Waals surface area contributed by atoms with E-state index >= 15 is 0 Å². The lowest BCUT2D eigenvalue weighted by atomic mass is 9.86. The van der Waals surface area contributed by atoms with Gasteiger partial charge in [0, 0.05) is 5.56 Å². The molecule has 4 rings (SSSR count). The molecule has 26 heavy (non-hydrogen) atoms. The molecular weight excluding hydrogens is 404 g/mol. The first-order valence-electron chi connectivity index (χ1n) is 8.00. The molecule has 0 fully saturated rings. The van der Waals surface area contributed by atoms with Crippen molar-refractivity contribution in [3.8, 4) is 0 Å². The molecule has 0 spiro atoms. The molecule has 1 aromatic carbocycles. The summed E-state index contributed by atoms with van der Waals surface area (Å²) in [7, 11) is 0. The molecule has 1 aliphatic carbocycles. The van der Waals surface area contributed by atoms with Gasteiger partial charge in [-0.1, -0.05) is 6.07 Å². The number of rotatable bonds is 2. The predicted octanol–water partition coefficient (Wildman–Crippen LogP) is 1.51. The first-order chi connectivity index (χ1) is 12.5. The van der Waals surface area contributed by atoms with Crippen molar-refractivity contribution in [2.75, 3.05) is 5.73 Å². The number of amides is 1. The molecule has 0 radical (unpaired) electrons. The van der Waals surface area contributed by atoms with Crippen LogP contribution in [-0.2, 0) is 6.42 Å². The van der Waals surface area contributed by atoms with E-state index in [4.69, 9.17) is 10.9 Å². The van der Waals surface area contributed by atoms with Crippen molar-refractivity contribution >= 4 is 38.9 Å². The smallest absolute Gasteiger partial charge is 0.280 e. The Hall–Kier alpha value is -2.72. The Morgan fingerprint density at radius 3 is 3.00 bits per heavy atom. The van der Waals surface area contributed by atoms with Crippen molar-refractivity contribution in [3.05, 3.63) is 50.0 Å². The van der Waals surface area contributed by atoms with E-state index < -0.39 is 11.5 Å². The molecule has 1 amide bonds. The zero-order valence-corrected chi connectivity index (χ0v) is 15.1. The van der Waals surface area contributed by atoms with Gasteiger partial charge in [0.15, 0.2) is 15.9 Å². The van der Waals surface area contributed by atoms with E-state index in [0.717, 1.165) is 30.4 Å². The van der Waals surface area contributed by atoms with Crippen LogP contribution in [0.3, 0.4) is 0 Å². The first kappa shape index (κ1) is 16.7. The second-order valence-corrected chi connectivity index (χ2v) is 6.85. The van der Waals surface area contributed by atoms with Crippen molar-refractivity contribution in [2.45, 2.75) is 25.3 Å². The molecule has 2 heterocycles. The Labute approximate surface area is 155 Å². The van der Waals surface area contributed by atoms with Crippen LogP contribution >= 0.6 is 15.9 Å². The Morgan fingerprint density at radius 2 is 2.23 bits per heavy atom. The number of hydroxylamine groups is 1. The molecule has 0 saturated heterocycles. The third-order valence-electron chi connectivity index (χ3n) is 4.63. The molecule has 134 valence electrons. The molecule has 0 saturated carbocycles. The number of imidazole rings is 1. The zero-order chi connectivity index (χ0) is 18.4. The standard InChI is InChI=1S/C16H15BrN6O3/c17-15-19-11-12(20-16(18)21-14(11)25)23(15)10-3-1-2-7-4-5-8(6-9(7)10)13(24)22-26/h4-6,10,26H,1-3H2,(H,22,24)(H3,18,20,21,25). The van der Waals surface area contributed by atoms with Crippen LogP contribution in [0.15, 0.2) is 27.7 Å². The highest BCUT2D eigenvalue weighted by Crippen LogP contribution is 2.37. The van der Waals surface area contributed by atoms with Gasteiger partial charge in [0.1, 0.15) is 0 Å². The number of aromatic amines is 1. The van der Waals surface area contributed by atoms with Gasteiger partial charge in [-0.05, 0) is 58.5 Å². The monoisotopic (exact) mass is 418 g/mol. The summed E-state index contributed by atoms with van der Waals surface area (Å²) in [5.41, 5.74) is 9.91. The summed E-state index contributed by atoms with van der Waals surface area (Å²) in [4.78, 5) is 34.9. The first-order valence-corrected chi connectivity index (χ1v) is 8.79. The van der Waals surface area contributed by atoms with E-state index in [1.807, 2.05) is 10.6 Å². The highest BCUT2D eigenvalue weighted by molar-refractivity contribution is 9.10. The number of nitrogens with one attached hydrogen (secondary N) is 2. The number of nitrogens with two attached hydrogens (primary N) is 1. The predicted molar refractivity (Wildman–Crippen MR) is 97.0 cm³/mol. The number of nitrogens with zero attached hydrogens (tertiary/aromatic N) is 3. The fourth-order valence-corrected chi connectivity index (χ4v) is 4.09. The van der Waals surface area contributed by atoms with Gasteiger partial charge in [-0.15, -0.1) is 0 Å². The summed E-state index contributed by atoms with van der Waals surface area (Å²) in [6.07, 6.45) is 2.61. The summed E-state index contributed by atoms with van der Waals surface area (Å²) >= 11 is 3.42. The quantitative estimate of drug-likeness (QED) is 0.282. The number of hydrogen-bond donors (Lipinski definition) is 4. The number of carbonyl (C=O) groups is 1. The molecule has 9 nitrogen and oxygen atoms in total. The van der Waals surface area contributed by atoms with E-state index in [2.05, 4.69) is 30.9 Å². The van der Waals surface area contributed by atoms with Crippen molar-refractivity contribution in [1.29, 1.82) is 0 Å². The summed E-state index contributed by atoms with van der Waals surface area (Å²) in [5.74, 6) is -0.564. The van der Waals surface area contributed by atoms with Crippen LogP contribution in [0.25, 0.3) is 11.2 Å². The van der Waals surface area contributed by atoms with Gasteiger partial charge in [-0.2, -0.15) is 4.98 Å². The minimum atomic E-state index is -0.578. The van der Waals surface area contributed by atoms with Crippen LogP contribution in [0.2, 0.25) is 0 Å². The maximum absolute atomic E-state index is 12.1. The minimum Gasteiger partial charge on any atom is -0.369 e. The van der Waals surface area contributed by atoms with Crippen molar-refractivity contribution < 1.29 is 10.0 Å². The summed E-state index contributed by atoms with van der Waals surface area (Å²) in [6.45, 7) is 0. The Morgan fingerprint density at radius 1 is 1.42 bits per heavy atom. The summed E-state index contributed by atoms with van der Waals surface area (Å²) < 4.78 is 2.28. The van der Waals surface area contributed by atoms with Crippen LogP contribution < -0.4 is 16.8 Å². The second kappa shape index (κ2) is 6.22. The minimum absolute atomic E-state index is 0.0144. The number of aromatic nitrogens is 4. The highest BCUT2D eigenvalue weighted by atomic mass is 79.9. The number of anilines is 1. The molecule has 0 aliphatic heterocycles. The van der Waals surface area contributed by atoms with Gasteiger partial charge < -0.3 is 5.73 Å². The Kier molecular flexibility index (Phi) is 4.00. The third-order valence-corrected chi connectivity index (χ3v) is 5.19. The molecule has 2 aromatic heterocycles. The summed E-state index contributed by atoms with van der Waals surface area (Å²) in [6, 6.07) is 5.14. The number of halogens is 1. The van der Waals surface area contributed by atoms with Crippen LogP contribution in [-0.4, -0.2) is 30.6 Å². The molecule has 1 aliphatic rings. The number of H-pyrrole nitrogens is 1. The molecule has 10 heteroatoms. The van der Waals surface area contributed by atoms with Crippen LogP contribution in [0, 0.1) is 0 Å². The number of fused-ring (bicyclic) bond motifs is 2. The maximum atomic E-state index is 12.1. The molecule has 3 aromatic rings. The van der Waals surface area contributed by atoms with Crippen LogP contribution in [0.5, 0.6) is 0 Å². The van der Waals surface area contributed by atoms with Gasteiger partial charge in [0.25, 0.3) is 11.5 Å². The molecular formula is C16H15BrN6O3. The average Bonchev–Trinajstić information content (AvgIpc) is 2.96. The fourth-order valence-electron chi connectivity index (χ4n) is 3.50. The number of nitrogen functional groups attached to an aromatic ring is 1. The molecule has 5 N–H and O–H groups in total. The number of carbonyl (C=O) groups excluding carboxylic acids is 1. The highest BCUT2D eigenvalue weighted by Gasteiger charge is 2.27. The number of aryl methyl sites for hydroxylation is 1. The lowest BCUT2D eigenvalue weighted by molar-refractivity contribution is 0.0706. The number of hydrogen-bond acceptors (Lipinski definition) is 6. The summed E-state index contributed by atoms with van der Waals surface area (Å²) in [5, 5.41) is 8.90. The lowest BCUT2D eigenvalue weighted by Crippen LogP contribution is -2.22. The van der Waals surface area contributed by atoms with E-state index in [0.29, 0.717) is 15.9 Å². The molecule has 1 unspecified atom stereocenters. The zero-order valence-electron chi connectivity index (χ0n) is 13.5. The SMILES string of the molecule is Nc1nc2c(nc(Br)n2C2CCCc3ccc(C(=O)NO)cc32)c(=O)[nH]1.